The third-order valence-electron chi connectivity index (χ3n) is 2.29. The molecule has 0 aromatic carbocycles. The summed E-state index contributed by atoms with van der Waals surface area (Å²) in [6, 6.07) is 0.407. The van der Waals surface area contributed by atoms with Crippen LogP contribution in [0.25, 0.3) is 0 Å². The molecule has 1 rings (SSSR count). The van der Waals surface area contributed by atoms with E-state index in [1.165, 1.54) is 0 Å². The summed E-state index contributed by atoms with van der Waals surface area (Å²) in [5.74, 6) is 1.06. The molecule has 1 heterocycles. The molecule has 0 amide bonds. The van der Waals surface area contributed by atoms with Crippen LogP contribution < -0.4 is 0 Å². The molecule has 0 aromatic heterocycles. The maximum absolute atomic E-state index is 9.67. The molecule has 0 unspecified atom stereocenters. The Morgan fingerprint density at radius 1 is 1.36 bits per heavy atom. The highest BCUT2D eigenvalue weighted by Crippen LogP contribution is 2.33. The molecule has 0 saturated carbocycles. The number of hydrogen-bond donors (Lipinski definition) is 1. The molecule has 1 aliphatic heterocycles. The van der Waals surface area contributed by atoms with Crippen LogP contribution >= 0.6 is 11.8 Å². The minimum atomic E-state index is -0.626. The Morgan fingerprint density at radius 3 is 2.29 bits per heavy atom. The smallest absolute Gasteiger partial charge is 0.0709 e. The van der Waals surface area contributed by atoms with Gasteiger partial charge in [-0.05, 0) is 19.3 Å². The van der Waals surface area contributed by atoms with Crippen LogP contribution in [0.4, 0.5) is 0 Å². The van der Waals surface area contributed by atoms with Crippen molar-refractivity contribution in [2.75, 3.05) is 5.75 Å². The van der Waals surface area contributed by atoms with E-state index < -0.39 is 5.60 Å². The van der Waals surface area contributed by atoms with Gasteiger partial charge >= 0.3 is 0 Å². The maximum Gasteiger partial charge on any atom is 0.0709 e. The Balaban J connectivity index is 2.60. The lowest BCUT2D eigenvalue weighted by Gasteiger charge is -2.23. The molecule has 1 N–H and O–H groups in total. The largest absolute Gasteiger partial charge is 0.390 e. The van der Waals surface area contributed by atoms with Crippen molar-refractivity contribution in [3.8, 4) is 0 Å². The molecule has 82 valence electrons. The van der Waals surface area contributed by atoms with Crippen molar-refractivity contribution in [1.29, 1.82) is 0 Å². The molecule has 0 spiro atoms. The second kappa shape index (κ2) is 3.86. The molecule has 0 saturated heterocycles. The first-order valence-corrected chi connectivity index (χ1v) is 6.09. The minimum absolute atomic E-state index is 0.244. The minimum Gasteiger partial charge on any atom is -0.390 e. The Hall–Kier alpha value is -0.0200. The first-order valence-electron chi connectivity index (χ1n) is 5.10. The van der Waals surface area contributed by atoms with Crippen molar-refractivity contribution in [3.05, 3.63) is 0 Å². The highest BCUT2D eigenvalue weighted by Gasteiger charge is 2.30. The van der Waals surface area contributed by atoms with E-state index in [1.54, 1.807) is 11.8 Å². The average molecular weight is 215 g/mol. The zero-order valence-corrected chi connectivity index (χ0v) is 10.6. The van der Waals surface area contributed by atoms with Gasteiger partial charge in [0.25, 0.3) is 0 Å². The van der Waals surface area contributed by atoms with Crippen LogP contribution in [0.2, 0.25) is 0 Å². The van der Waals surface area contributed by atoms with Gasteiger partial charge in [-0.3, -0.25) is 4.99 Å². The predicted molar refractivity (Wildman–Crippen MR) is 64.1 cm³/mol. The van der Waals surface area contributed by atoms with E-state index in [-0.39, 0.29) is 5.41 Å². The zero-order valence-electron chi connectivity index (χ0n) is 9.79. The molecule has 14 heavy (non-hydrogen) atoms. The van der Waals surface area contributed by atoms with E-state index in [4.69, 9.17) is 0 Å². The van der Waals surface area contributed by atoms with Gasteiger partial charge < -0.3 is 5.11 Å². The van der Waals surface area contributed by atoms with Crippen molar-refractivity contribution >= 4 is 16.8 Å². The highest BCUT2D eigenvalue weighted by molar-refractivity contribution is 8.14. The Bertz CT molecular complexity index is 235. The summed E-state index contributed by atoms with van der Waals surface area (Å²) in [5, 5.41) is 10.8. The van der Waals surface area contributed by atoms with Crippen molar-refractivity contribution in [3.63, 3.8) is 0 Å². The van der Waals surface area contributed by atoms with Crippen LogP contribution in [0.15, 0.2) is 4.99 Å². The van der Waals surface area contributed by atoms with Gasteiger partial charge in [0, 0.05) is 12.2 Å². The van der Waals surface area contributed by atoms with E-state index in [2.05, 4.69) is 25.8 Å². The van der Waals surface area contributed by atoms with E-state index in [0.29, 0.717) is 12.5 Å². The quantitative estimate of drug-likeness (QED) is 0.768. The molecular formula is C11H21NOS. The van der Waals surface area contributed by atoms with Crippen LogP contribution in [-0.4, -0.2) is 27.5 Å². The monoisotopic (exact) mass is 215 g/mol. The first-order chi connectivity index (χ1) is 6.18. The summed E-state index contributed by atoms with van der Waals surface area (Å²) < 4.78 is 0. The Kier molecular flexibility index (Phi) is 3.32. The number of aliphatic hydroxyl groups is 1. The normalized spacial score (nSPS) is 23.9. The van der Waals surface area contributed by atoms with E-state index in [1.807, 2.05) is 13.8 Å². The number of thioether (sulfide) groups is 1. The lowest BCUT2D eigenvalue weighted by atomic mass is 9.88. The fourth-order valence-electron chi connectivity index (χ4n) is 1.33. The molecule has 1 aliphatic rings. The fraction of sp³-hybridized carbons (Fsp3) is 0.909. The van der Waals surface area contributed by atoms with Crippen molar-refractivity contribution < 1.29 is 5.11 Å². The van der Waals surface area contributed by atoms with Crippen molar-refractivity contribution in [1.82, 2.24) is 0 Å². The van der Waals surface area contributed by atoms with Crippen LogP contribution in [0.5, 0.6) is 0 Å². The highest BCUT2D eigenvalue weighted by atomic mass is 32.2. The molecule has 0 aliphatic carbocycles. The van der Waals surface area contributed by atoms with Gasteiger partial charge in [-0.25, -0.2) is 0 Å². The van der Waals surface area contributed by atoms with Gasteiger partial charge in [0.1, 0.15) is 0 Å². The Labute approximate surface area is 91.2 Å². The zero-order chi connectivity index (χ0) is 11.0. The fourth-order valence-corrected chi connectivity index (χ4v) is 2.92. The van der Waals surface area contributed by atoms with Crippen molar-refractivity contribution in [2.45, 2.75) is 52.7 Å². The van der Waals surface area contributed by atoms with Gasteiger partial charge in [0.2, 0.25) is 0 Å². The second-order valence-electron chi connectivity index (χ2n) is 5.70. The van der Waals surface area contributed by atoms with Crippen LogP contribution in [0.3, 0.4) is 0 Å². The number of nitrogens with zero attached hydrogens (tertiary/aromatic N) is 1. The molecule has 0 bridgehead atoms. The molecule has 3 heteroatoms. The number of hydrogen-bond acceptors (Lipinski definition) is 3. The van der Waals surface area contributed by atoms with Crippen LogP contribution in [0, 0.1) is 5.41 Å². The van der Waals surface area contributed by atoms with Gasteiger partial charge in [-0.1, -0.05) is 20.8 Å². The van der Waals surface area contributed by atoms with Crippen LogP contribution in [0.1, 0.15) is 41.0 Å². The first kappa shape index (κ1) is 12.1. The SMILES string of the molecule is CC(C)(O)CC1=N[C@H](C(C)(C)C)CS1. The number of aliphatic imine (C=N–C) groups is 1. The Morgan fingerprint density at radius 2 is 1.93 bits per heavy atom. The summed E-state index contributed by atoms with van der Waals surface area (Å²) in [7, 11) is 0. The molecule has 0 radical (unpaired) electrons. The topological polar surface area (TPSA) is 32.6 Å². The molecule has 2 nitrogen and oxygen atoms in total. The van der Waals surface area contributed by atoms with E-state index in [0.717, 1.165) is 10.8 Å². The van der Waals surface area contributed by atoms with Gasteiger partial charge in [0.05, 0.1) is 16.7 Å². The summed E-state index contributed by atoms with van der Waals surface area (Å²) >= 11 is 1.79. The second-order valence-corrected chi connectivity index (χ2v) is 6.80. The lowest BCUT2D eigenvalue weighted by molar-refractivity contribution is 0.0892. The third kappa shape index (κ3) is 3.62. The average Bonchev–Trinajstić information content (AvgIpc) is 2.29. The third-order valence-corrected chi connectivity index (χ3v) is 3.36. The summed E-state index contributed by atoms with van der Waals surface area (Å²) in [6.07, 6.45) is 0.685. The van der Waals surface area contributed by atoms with E-state index >= 15 is 0 Å². The molecule has 1 atom stereocenters. The van der Waals surface area contributed by atoms with Gasteiger partial charge in [-0.15, -0.1) is 11.8 Å². The molecule has 0 fully saturated rings. The summed E-state index contributed by atoms with van der Waals surface area (Å²) in [4.78, 5) is 4.66. The standard InChI is InChI=1S/C11H21NOS/c1-10(2,3)8-7-14-9(12-8)6-11(4,5)13/h8,13H,6-7H2,1-5H3/t8-/m0/s1. The maximum atomic E-state index is 9.67. The van der Waals surface area contributed by atoms with Gasteiger partial charge in [-0.2, -0.15) is 0 Å². The molecule has 0 aromatic rings. The van der Waals surface area contributed by atoms with E-state index in [9.17, 15) is 5.11 Å². The lowest BCUT2D eigenvalue weighted by Crippen LogP contribution is -2.24. The predicted octanol–water partition coefficient (Wildman–Crippen LogP) is 2.71. The van der Waals surface area contributed by atoms with Gasteiger partial charge in [0.15, 0.2) is 0 Å². The molecular weight excluding hydrogens is 194 g/mol. The summed E-state index contributed by atoms with van der Waals surface area (Å²) in [6.45, 7) is 10.3. The van der Waals surface area contributed by atoms with Crippen molar-refractivity contribution in [2.24, 2.45) is 10.4 Å². The number of rotatable bonds is 2. The summed E-state index contributed by atoms with van der Waals surface area (Å²) in [5.41, 5.74) is -0.382. The van der Waals surface area contributed by atoms with Crippen LogP contribution in [-0.2, 0) is 0 Å².